The number of hydrogen-bond acceptors (Lipinski definition) is 2. The Hall–Kier alpha value is -1.35. The third-order valence-corrected chi connectivity index (χ3v) is 4.64. The van der Waals surface area contributed by atoms with Gasteiger partial charge in [0, 0.05) is 6.04 Å². The average Bonchev–Trinajstić information content (AvgIpc) is 2.76. The minimum Gasteiger partial charge on any atom is -0.319 e. The summed E-state index contributed by atoms with van der Waals surface area (Å²) in [6.45, 7) is 4.09. The maximum absolute atomic E-state index is 12.5. The van der Waals surface area contributed by atoms with Crippen molar-refractivity contribution in [1.29, 1.82) is 0 Å². The number of aryl methyl sites for hydroxylation is 1. The van der Waals surface area contributed by atoms with Crippen LogP contribution in [0.2, 0.25) is 0 Å². The minimum absolute atomic E-state index is 0.0560. The number of carbonyl (C=O) groups excluding carboxylic acids is 1. The highest BCUT2D eigenvalue weighted by atomic mass is 16.2. The van der Waals surface area contributed by atoms with Gasteiger partial charge in [0.05, 0.1) is 6.04 Å². The topological polar surface area (TPSA) is 32.3 Å². The van der Waals surface area contributed by atoms with E-state index in [4.69, 9.17) is 0 Å². The Morgan fingerprint density at radius 1 is 1.20 bits per heavy atom. The van der Waals surface area contributed by atoms with Crippen molar-refractivity contribution in [3.63, 3.8) is 0 Å². The molecule has 0 spiro atoms. The van der Waals surface area contributed by atoms with Crippen LogP contribution in [0.1, 0.15) is 56.3 Å². The monoisotopic (exact) mass is 272 g/mol. The molecule has 2 aliphatic rings. The van der Waals surface area contributed by atoms with Gasteiger partial charge in [0.15, 0.2) is 0 Å². The Morgan fingerprint density at radius 3 is 2.65 bits per heavy atom. The molecular formula is C17H24N2O. The number of rotatable bonds is 2. The number of nitrogens with zero attached hydrogens (tertiary/aromatic N) is 1. The van der Waals surface area contributed by atoms with Gasteiger partial charge in [-0.3, -0.25) is 10.1 Å². The molecule has 3 heteroatoms. The van der Waals surface area contributed by atoms with Crippen molar-refractivity contribution in [1.82, 2.24) is 10.2 Å². The molecule has 1 aliphatic carbocycles. The molecule has 1 amide bonds. The molecule has 3 nitrogen and oxygen atoms in total. The van der Waals surface area contributed by atoms with Gasteiger partial charge in [-0.2, -0.15) is 0 Å². The predicted octanol–water partition coefficient (Wildman–Crippen LogP) is 3.15. The third kappa shape index (κ3) is 2.47. The molecule has 1 aromatic carbocycles. The summed E-state index contributed by atoms with van der Waals surface area (Å²) in [5.74, 6) is 0.267. The second kappa shape index (κ2) is 5.57. The van der Waals surface area contributed by atoms with Gasteiger partial charge < -0.3 is 4.90 Å². The molecule has 0 bridgehead atoms. The van der Waals surface area contributed by atoms with Gasteiger partial charge in [0.1, 0.15) is 6.17 Å². The molecule has 0 aromatic heterocycles. The molecule has 2 fully saturated rings. The largest absolute Gasteiger partial charge is 0.319 e. The first kappa shape index (κ1) is 13.6. The maximum atomic E-state index is 12.5. The first-order valence-electron chi connectivity index (χ1n) is 7.81. The highest BCUT2D eigenvalue weighted by Crippen LogP contribution is 2.33. The number of benzene rings is 1. The third-order valence-electron chi connectivity index (χ3n) is 4.64. The smallest absolute Gasteiger partial charge is 0.241 e. The lowest BCUT2D eigenvalue weighted by atomic mass is 9.93. The molecule has 2 unspecified atom stereocenters. The van der Waals surface area contributed by atoms with E-state index >= 15 is 0 Å². The van der Waals surface area contributed by atoms with Crippen LogP contribution in [0.3, 0.4) is 0 Å². The van der Waals surface area contributed by atoms with Crippen molar-refractivity contribution in [2.24, 2.45) is 0 Å². The van der Waals surface area contributed by atoms with Crippen molar-refractivity contribution < 1.29 is 4.79 Å². The van der Waals surface area contributed by atoms with Crippen LogP contribution in [0, 0.1) is 6.92 Å². The van der Waals surface area contributed by atoms with E-state index in [0.29, 0.717) is 6.04 Å². The maximum Gasteiger partial charge on any atom is 0.241 e. The minimum atomic E-state index is -0.0672. The van der Waals surface area contributed by atoms with Gasteiger partial charge >= 0.3 is 0 Å². The Bertz CT molecular complexity index is 494. The van der Waals surface area contributed by atoms with E-state index in [0.717, 1.165) is 12.8 Å². The van der Waals surface area contributed by atoms with E-state index < -0.39 is 0 Å². The molecule has 1 N–H and O–H groups in total. The summed E-state index contributed by atoms with van der Waals surface area (Å²) in [6, 6.07) is 8.86. The van der Waals surface area contributed by atoms with Crippen molar-refractivity contribution in [2.45, 2.75) is 64.2 Å². The fourth-order valence-electron chi connectivity index (χ4n) is 3.59. The lowest BCUT2D eigenvalue weighted by molar-refractivity contribution is -0.132. The molecule has 1 aliphatic heterocycles. The second-order valence-electron chi connectivity index (χ2n) is 6.24. The van der Waals surface area contributed by atoms with Gasteiger partial charge in [-0.25, -0.2) is 0 Å². The van der Waals surface area contributed by atoms with Gasteiger partial charge in [0.2, 0.25) is 5.91 Å². The van der Waals surface area contributed by atoms with Gasteiger partial charge in [-0.05, 0) is 32.3 Å². The highest BCUT2D eigenvalue weighted by molar-refractivity contribution is 5.84. The molecule has 1 heterocycles. The molecule has 20 heavy (non-hydrogen) atoms. The van der Waals surface area contributed by atoms with Crippen LogP contribution in [-0.4, -0.2) is 22.9 Å². The molecule has 108 valence electrons. The van der Waals surface area contributed by atoms with E-state index in [1.165, 1.54) is 30.4 Å². The summed E-state index contributed by atoms with van der Waals surface area (Å²) in [6.07, 6.45) is 6.19. The summed E-state index contributed by atoms with van der Waals surface area (Å²) in [5.41, 5.74) is 2.47. The van der Waals surface area contributed by atoms with E-state index in [1.807, 2.05) is 6.92 Å². The first-order valence-corrected chi connectivity index (χ1v) is 7.81. The van der Waals surface area contributed by atoms with Crippen LogP contribution in [0.4, 0.5) is 0 Å². The van der Waals surface area contributed by atoms with Crippen LogP contribution >= 0.6 is 0 Å². The van der Waals surface area contributed by atoms with Gasteiger partial charge in [-0.15, -0.1) is 0 Å². The summed E-state index contributed by atoms with van der Waals surface area (Å²) >= 11 is 0. The lowest BCUT2D eigenvalue weighted by Crippen LogP contribution is -2.41. The van der Waals surface area contributed by atoms with E-state index in [9.17, 15) is 4.79 Å². The zero-order valence-corrected chi connectivity index (χ0v) is 12.4. The quantitative estimate of drug-likeness (QED) is 0.897. The highest BCUT2D eigenvalue weighted by Gasteiger charge is 2.41. The lowest BCUT2D eigenvalue weighted by Gasteiger charge is -2.35. The summed E-state index contributed by atoms with van der Waals surface area (Å²) in [7, 11) is 0. The van der Waals surface area contributed by atoms with Crippen molar-refractivity contribution in [3.05, 3.63) is 35.4 Å². The summed E-state index contributed by atoms with van der Waals surface area (Å²) in [4.78, 5) is 14.7. The molecular weight excluding hydrogens is 248 g/mol. The molecule has 1 saturated carbocycles. The van der Waals surface area contributed by atoms with Crippen LogP contribution in [0.15, 0.2) is 24.3 Å². The summed E-state index contributed by atoms with van der Waals surface area (Å²) < 4.78 is 0. The van der Waals surface area contributed by atoms with Crippen molar-refractivity contribution >= 4 is 5.91 Å². The number of hydrogen-bond donors (Lipinski definition) is 1. The zero-order chi connectivity index (χ0) is 14.1. The number of amides is 1. The van der Waals surface area contributed by atoms with Crippen LogP contribution in [-0.2, 0) is 4.79 Å². The fourth-order valence-corrected chi connectivity index (χ4v) is 3.59. The average molecular weight is 272 g/mol. The predicted molar refractivity (Wildman–Crippen MR) is 80.2 cm³/mol. The van der Waals surface area contributed by atoms with Crippen LogP contribution in [0.25, 0.3) is 0 Å². The zero-order valence-electron chi connectivity index (χ0n) is 12.4. The van der Waals surface area contributed by atoms with E-state index in [1.54, 1.807) is 0 Å². The molecule has 1 aromatic rings. The first-order chi connectivity index (χ1) is 9.66. The molecule has 3 rings (SSSR count). The van der Waals surface area contributed by atoms with E-state index in [-0.39, 0.29) is 18.1 Å². The standard InChI is InChI=1S/C17H24N2O/c1-12-7-6-8-14(11-12)16-18-13(2)17(20)19(16)15-9-4-3-5-10-15/h6-8,11,13,15-16,18H,3-5,9-10H2,1-2H3. The Balaban J connectivity index is 1.89. The number of carbonyl (C=O) groups is 1. The van der Waals surface area contributed by atoms with Gasteiger partial charge in [0.25, 0.3) is 0 Å². The van der Waals surface area contributed by atoms with Crippen molar-refractivity contribution in [3.8, 4) is 0 Å². The fraction of sp³-hybridized carbons (Fsp3) is 0.588. The van der Waals surface area contributed by atoms with Crippen LogP contribution < -0.4 is 5.32 Å². The second-order valence-corrected chi connectivity index (χ2v) is 6.24. The Kier molecular flexibility index (Phi) is 3.79. The normalized spacial score (nSPS) is 28.1. The van der Waals surface area contributed by atoms with Gasteiger partial charge in [-0.1, -0.05) is 49.1 Å². The molecule has 2 atom stereocenters. The molecule has 0 radical (unpaired) electrons. The Morgan fingerprint density at radius 2 is 1.95 bits per heavy atom. The number of nitrogens with one attached hydrogen (secondary N) is 1. The SMILES string of the molecule is Cc1cccc(C2NC(C)C(=O)N2C2CCCCC2)c1. The molecule has 1 saturated heterocycles. The van der Waals surface area contributed by atoms with Crippen molar-refractivity contribution in [2.75, 3.05) is 0 Å². The van der Waals surface area contributed by atoms with E-state index in [2.05, 4.69) is 41.4 Å². The summed E-state index contributed by atoms with van der Waals surface area (Å²) in [5, 5.41) is 3.47. The Labute approximate surface area is 121 Å². The van der Waals surface area contributed by atoms with Crippen LogP contribution in [0.5, 0.6) is 0 Å².